The topological polar surface area (TPSA) is 29.1 Å². The summed E-state index contributed by atoms with van der Waals surface area (Å²) < 4.78 is 0. The first-order valence-corrected chi connectivity index (χ1v) is 6.25. The van der Waals surface area contributed by atoms with Crippen molar-refractivity contribution in [3.05, 3.63) is 29.8 Å². The first-order chi connectivity index (χ1) is 7.70. The van der Waals surface area contributed by atoms with Crippen LogP contribution in [0.3, 0.4) is 0 Å². The largest absolute Gasteiger partial charge is 0.349 e. The summed E-state index contributed by atoms with van der Waals surface area (Å²) >= 11 is 4.23. The summed E-state index contributed by atoms with van der Waals surface area (Å²) in [6.45, 7) is 2.18. The fraction of sp³-hybridized carbons (Fsp3) is 0.462. The molecule has 16 heavy (non-hydrogen) atoms. The van der Waals surface area contributed by atoms with Crippen molar-refractivity contribution >= 4 is 18.5 Å². The van der Waals surface area contributed by atoms with Crippen molar-refractivity contribution in [1.29, 1.82) is 0 Å². The minimum Gasteiger partial charge on any atom is -0.349 e. The Labute approximate surface area is 102 Å². The Hall–Kier alpha value is -0.960. The molecule has 0 saturated heterocycles. The van der Waals surface area contributed by atoms with Gasteiger partial charge in [-0.05, 0) is 37.0 Å². The summed E-state index contributed by atoms with van der Waals surface area (Å²) in [7, 11) is 0. The normalized spacial score (nSPS) is 22.9. The maximum atomic E-state index is 11.9. The molecule has 1 aliphatic rings. The molecule has 1 fully saturated rings. The van der Waals surface area contributed by atoms with Gasteiger partial charge in [0.1, 0.15) is 0 Å². The third kappa shape index (κ3) is 2.79. The molecule has 1 saturated carbocycles. The number of benzene rings is 1. The molecule has 0 heterocycles. The molecule has 2 unspecified atom stereocenters. The van der Waals surface area contributed by atoms with Crippen LogP contribution in [0.5, 0.6) is 0 Å². The zero-order valence-electron chi connectivity index (χ0n) is 9.44. The second-order valence-corrected chi connectivity index (χ2v) is 4.93. The van der Waals surface area contributed by atoms with E-state index >= 15 is 0 Å². The van der Waals surface area contributed by atoms with Gasteiger partial charge in [-0.3, -0.25) is 4.79 Å². The highest BCUT2D eigenvalue weighted by Gasteiger charge is 2.37. The van der Waals surface area contributed by atoms with Crippen LogP contribution >= 0.6 is 12.6 Å². The van der Waals surface area contributed by atoms with E-state index in [0.29, 0.717) is 17.5 Å². The maximum Gasteiger partial charge on any atom is 0.251 e. The van der Waals surface area contributed by atoms with Gasteiger partial charge in [0.15, 0.2) is 0 Å². The minimum absolute atomic E-state index is 0.0273. The average Bonchev–Trinajstić information content (AvgIpc) is 2.97. The summed E-state index contributed by atoms with van der Waals surface area (Å²) in [6, 6.07) is 7.75. The number of rotatable bonds is 4. The van der Waals surface area contributed by atoms with Crippen LogP contribution in [0.2, 0.25) is 0 Å². The van der Waals surface area contributed by atoms with E-state index in [1.165, 1.54) is 12.8 Å². The summed E-state index contributed by atoms with van der Waals surface area (Å²) in [6.07, 6.45) is 3.56. The Morgan fingerprint density at radius 2 is 2.38 bits per heavy atom. The number of carbonyl (C=O) groups excluding carboxylic acids is 1. The lowest BCUT2D eigenvalue weighted by molar-refractivity contribution is 0.0948. The number of thiol groups is 1. The van der Waals surface area contributed by atoms with Crippen molar-refractivity contribution in [2.45, 2.75) is 37.1 Å². The third-order valence-corrected chi connectivity index (χ3v) is 3.29. The summed E-state index contributed by atoms with van der Waals surface area (Å²) in [5.41, 5.74) is 0.703. The molecule has 2 nitrogen and oxygen atoms in total. The fourth-order valence-electron chi connectivity index (χ4n) is 2.01. The molecule has 1 aromatic carbocycles. The van der Waals surface area contributed by atoms with Crippen molar-refractivity contribution in [2.75, 3.05) is 0 Å². The number of amides is 1. The van der Waals surface area contributed by atoms with Crippen LogP contribution in [0.4, 0.5) is 0 Å². The van der Waals surface area contributed by atoms with Crippen LogP contribution in [-0.4, -0.2) is 11.9 Å². The van der Waals surface area contributed by atoms with Gasteiger partial charge in [-0.25, -0.2) is 0 Å². The molecule has 2 atom stereocenters. The van der Waals surface area contributed by atoms with Gasteiger partial charge in [0, 0.05) is 16.5 Å². The van der Waals surface area contributed by atoms with Crippen LogP contribution in [-0.2, 0) is 0 Å². The first-order valence-electron chi connectivity index (χ1n) is 5.80. The number of carbonyl (C=O) groups is 1. The van der Waals surface area contributed by atoms with E-state index in [1.807, 2.05) is 18.2 Å². The predicted molar refractivity (Wildman–Crippen MR) is 68.0 cm³/mol. The lowest BCUT2D eigenvalue weighted by atomic mass is 10.2. The molecule has 1 amide bonds. The Balaban J connectivity index is 1.90. The van der Waals surface area contributed by atoms with Crippen molar-refractivity contribution < 1.29 is 4.79 Å². The Bertz CT molecular complexity index is 391. The molecule has 1 N–H and O–H groups in total. The second kappa shape index (κ2) is 4.91. The van der Waals surface area contributed by atoms with E-state index in [4.69, 9.17) is 0 Å². The van der Waals surface area contributed by atoms with Crippen molar-refractivity contribution in [3.8, 4) is 0 Å². The predicted octanol–water partition coefficient (Wildman–Crippen LogP) is 2.89. The van der Waals surface area contributed by atoms with Crippen LogP contribution in [0.25, 0.3) is 0 Å². The van der Waals surface area contributed by atoms with Gasteiger partial charge < -0.3 is 5.32 Å². The van der Waals surface area contributed by atoms with Crippen LogP contribution in [0, 0.1) is 5.92 Å². The second-order valence-electron chi connectivity index (χ2n) is 4.41. The van der Waals surface area contributed by atoms with Gasteiger partial charge in [-0.15, -0.1) is 12.6 Å². The number of nitrogens with one attached hydrogen (secondary N) is 1. The van der Waals surface area contributed by atoms with E-state index in [1.54, 1.807) is 6.07 Å². The molecular weight excluding hydrogens is 218 g/mol. The SMILES string of the molecule is CCCC1CC1NC(=O)c1cccc(S)c1. The van der Waals surface area contributed by atoms with Gasteiger partial charge in [0.05, 0.1) is 0 Å². The van der Waals surface area contributed by atoms with E-state index in [-0.39, 0.29) is 5.91 Å². The molecule has 0 bridgehead atoms. The lowest BCUT2D eigenvalue weighted by Gasteiger charge is -2.04. The highest BCUT2D eigenvalue weighted by molar-refractivity contribution is 7.80. The van der Waals surface area contributed by atoms with Crippen LogP contribution in [0.15, 0.2) is 29.2 Å². The van der Waals surface area contributed by atoms with Gasteiger partial charge in [-0.2, -0.15) is 0 Å². The van der Waals surface area contributed by atoms with Crippen molar-refractivity contribution in [3.63, 3.8) is 0 Å². The molecular formula is C13H17NOS. The average molecular weight is 235 g/mol. The van der Waals surface area contributed by atoms with Gasteiger partial charge >= 0.3 is 0 Å². The van der Waals surface area contributed by atoms with Crippen LogP contribution in [0.1, 0.15) is 36.5 Å². The van der Waals surface area contributed by atoms with E-state index in [2.05, 4.69) is 24.9 Å². The summed E-state index contributed by atoms with van der Waals surface area (Å²) in [5.74, 6) is 0.729. The molecule has 0 aromatic heterocycles. The standard InChI is InChI=1S/C13H17NOS/c1-2-4-9-8-12(9)14-13(15)10-5-3-6-11(16)7-10/h3,5-7,9,12,16H,2,4,8H2,1H3,(H,14,15). The lowest BCUT2D eigenvalue weighted by Crippen LogP contribution is -2.26. The Kier molecular flexibility index (Phi) is 3.54. The molecule has 3 heteroatoms. The van der Waals surface area contributed by atoms with Crippen LogP contribution < -0.4 is 5.32 Å². The van der Waals surface area contributed by atoms with Gasteiger partial charge in [0.2, 0.25) is 0 Å². The third-order valence-electron chi connectivity index (χ3n) is 3.01. The van der Waals surface area contributed by atoms with E-state index in [0.717, 1.165) is 11.3 Å². The molecule has 2 rings (SSSR count). The fourth-order valence-corrected chi connectivity index (χ4v) is 2.24. The molecule has 0 aliphatic heterocycles. The Morgan fingerprint density at radius 1 is 1.56 bits per heavy atom. The number of hydrogen-bond acceptors (Lipinski definition) is 2. The molecule has 1 aromatic rings. The maximum absolute atomic E-state index is 11.9. The molecule has 0 spiro atoms. The monoisotopic (exact) mass is 235 g/mol. The highest BCUT2D eigenvalue weighted by atomic mass is 32.1. The molecule has 1 aliphatic carbocycles. The van der Waals surface area contributed by atoms with Crippen molar-refractivity contribution in [2.24, 2.45) is 5.92 Å². The molecule has 86 valence electrons. The summed E-state index contributed by atoms with van der Waals surface area (Å²) in [4.78, 5) is 12.7. The zero-order chi connectivity index (χ0) is 11.5. The number of hydrogen-bond donors (Lipinski definition) is 2. The van der Waals surface area contributed by atoms with Gasteiger partial charge in [0.25, 0.3) is 5.91 Å². The Morgan fingerprint density at radius 3 is 3.06 bits per heavy atom. The highest BCUT2D eigenvalue weighted by Crippen LogP contribution is 2.34. The quantitative estimate of drug-likeness (QED) is 0.772. The van der Waals surface area contributed by atoms with Gasteiger partial charge in [-0.1, -0.05) is 19.4 Å². The zero-order valence-corrected chi connectivity index (χ0v) is 10.3. The first kappa shape index (κ1) is 11.5. The van der Waals surface area contributed by atoms with Crippen molar-refractivity contribution in [1.82, 2.24) is 5.32 Å². The van der Waals surface area contributed by atoms with E-state index in [9.17, 15) is 4.79 Å². The molecule has 0 radical (unpaired) electrons. The minimum atomic E-state index is 0.0273. The van der Waals surface area contributed by atoms with E-state index < -0.39 is 0 Å². The summed E-state index contributed by atoms with van der Waals surface area (Å²) in [5, 5.41) is 3.06. The smallest absolute Gasteiger partial charge is 0.251 e.